The molecular formula is C14H8Cl3F3N4O. The number of hydrazone groups is 1. The van der Waals surface area contributed by atoms with Crippen LogP contribution >= 0.6 is 34.8 Å². The first-order valence-corrected chi connectivity index (χ1v) is 7.55. The standard InChI is InChI=1S/C14H8Cl3F3N4O/c15-8-10(21)9(16)12(17)23-11(8)13(25)24-22-5-6-2-1-3-7(4-6)14(18,19)20/h1-5H,(H2,21,23)(H,24,25). The van der Waals surface area contributed by atoms with E-state index in [2.05, 4.69) is 15.5 Å². The van der Waals surface area contributed by atoms with Crippen molar-refractivity contribution in [1.29, 1.82) is 0 Å². The molecule has 0 bridgehead atoms. The molecule has 1 amide bonds. The first kappa shape index (κ1) is 19.3. The number of halogens is 6. The quantitative estimate of drug-likeness (QED) is 0.446. The van der Waals surface area contributed by atoms with E-state index in [4.69, 9.17) is 40.5 Å². The van der Waals surface area contributed by atoms with Crippen LogP contribution in [0.2, 0.25) is 15.2 Å². The van der Waals surface area contributed by atoms with Crippen LogP contribution in [0, 0.1) is 0 Å². The fourth-order valence-electron chi connectivity index (χ4n) is 1.70. The summed E-state index contributed by atoms with van der Waals surface area (Å²) < 4.78 is 37.9. The van der Waals surface area contributed by atoms with Gasteiger partial charge in [0.25, 0.3) is 5.91 Å². The van der Waals surface area contributed by atoms with Crippen LogP contribution in [0.4, 0.5) is 18.9 Å². The van der Waals surface area contributed by atoms with Gasteiger partial charge in [-0.15, -0.1) is 0 Å². The monoisotopic (exact) mass is 410 g/mol. The predicted molar refractivity (Wildman–Crippen MR) is 90.2 cm³/mol. The van der Waals surface area contributed by atoms with E-state index in [1.165, 1.54) is 12.1 Å². The number of benzene rings is 1. The number of rotatable bonds is 3. The van der Waals surface area contributed by atoms with Crippen molar-refractivity contribution >= 4 is 52.6 Å². The minimum Gasteiger partial charge on any atom is -0.396 e. The molecule has 1 aromatic heterocycles. The Morgan fingerprint density at radius 2 is 1.92 bits per heavy atom. The Morgan fingerprint density at radius 3 is 2.56 bits per heavy atom. The average molecular weight is 412 g/mol. The zero-order valence-electron chi connectivity index (χ0n) is 12.0. The summed E-state index contributed by atoms with van der Waals surface area (Å²) in [5.41, 5.74) is 6.48. The van der Waals surface area contributed by atoms with Gasteiger partial charge in [-0.25, -0.2) is 10.4 Å². The number of anilines is 1. The van der Waals surface area contributed by atoms with Gasteiger partial charge in [-0.05, 0) is 17.7 Å². The van der Waals surface area contributed by atoms with E-state index in [1.807, 2.05) is 0 Å². The third-order valence-electron chi connectivity index (χ3n) is 2.88. The fraction of sp³-hybridized carbons (Fsp3) is 0.0714. The number of hydrogen-bond donors (Lipinski definition) is 2. The summed E-state index contributed by atoms with van der Waals surface area (Å²) in [6.07, 6.45) is -3.45. The topological polar surface area (TPSA) is 80.4 Å². The summed E-state index contributed by atoms with van der Waals surface area (Å²) in [6, 6.07) is 4.38. The number of amides is 1. The van der Waals surface area contributed by atoms with E-state index in [9.17, 15) is 18.0 Å². The van der Waals surface area contributed by atoms with Crippen molar-refractivity contribution in [1.82, 2.24) is 10.4 Å². The van der Waals surface area contributed by atoms with Gasteiger partial charge in [0.05, 0.1) is 22.5 Å². The molecule has 0 aliphatic rings. The van der Waals surface area contributed by atoms with E-state index in [0.29, 0.717) is 0 Å². The molecule has 11 heteroatoms. The summed E-state index contributed by atoms with van der Waals surface area (Å²) in [6.45, 7) is 0. The molecule has 25 heavy (non-hydrogen) atoms. The Balaban J connectivity index is 2.17. The van der Waals surface area contributed by atoms with E-state index >= 15 is 0 Å². The molecule has 0 unspecified atom stereocenters. The van der Waals surface area contributed by atoms with Crippen LogP contribution in [0.3, 0.4) is 0 Å². The Morgan fingerprint density at radius 1 is 1.24 bits per heavy atom. The molecule has 0 spiro atoms. The highest BCUT2D eigenvalue weighted by Crippen LogP contribution is 2.34. The smallest absolute Gasteiger partial charge is 0.396 e. The van der Waals surface area contributed by atoms with Crippen LogP contribution in [0.1, 0.15) is 21.6 Å². The van der Waals surface area contributed by atoms with Gasteiger partial charge < -0.3 is 5.73 Å². The number of nitrogen functional groups attached to an aromatic ring is 1. The van der Waals surface area contributed by atoms with E-state index in [1.54, 1.807) is 0 Å². The second-order valence-electron chi connectivity index (χ2n) is 4.62. The number of aromatic nitrogens is 1. The molecule has 0 saturated heterocycles. The van der Waals surface area contributed by atoms with Crippen LogP contribution in [0.25, 0.3) is 0 Å². The number of pyridine rings is 1. The van der Waals surface area contributed by atoms with Crippen molar-refractivity contribution in [3.8, 4) is 0 Å². The van der Waals surface area contributed by atoms with Crippen molar-refractivity contribution in [2.45, 2.75) is 6.18 Å². The number of alkyl halides is 3. The second kappa shape index (κ2) is 7.47. The molecule has 0 fully saturated rings. The van der Waals surface area contributed by atoms with Gasteiger partial charge in [-0.3, -0.25) is 4.79 Å². The van der Waals surface area contributed by atoms with Crippen LogP contribution in [0.15, 0.2) is 29.4 Å². The van der Waals surface area contributed by atoms with E-state index < -0.39 is 17.6 Å². The van der Waals surface area contributed by atoms with Crippen LogP contribution in [-0.4, -0.2) is 17.1 Å². The van der Waals surface area contributed by atoms with Gasteiger partial charge >= 0.3 is 6.18 Å². The Hall–Kier alpha value is -2.03. The third kappa shape index (κ3) is 4.53. The minimum absolute atomic E-state index is 0.101. The molecule has 2 rings (SSSR count). The molecule has 2 aromatic rings. The normalized spacial score (nSPS) is 11.8. The Bertz CT molecular complexity index is 856. The first-order chi connectivity index (χ1) is 11.6. The van der Waals surface area contributed by atoms with Crippen molar-refractivity contribution in [3.63, 3.8) is 0 Å². The molecule has 0 saturated carbocycles. The van der Waals surface area contributed by atoms with Crippen molar-refractivity contribution < 1.29 is 18.0 Å². The lowest BCUT2D eigenvalue weighted by atomic mass is 10.1. The maximum absolute atomic E-state index is 12.6. The maximum Gasteiger partial charge on any atom is 0.416 e. The van der Waals surface area contributed by atoms with Crippen molar-refractivity contribution in [2.24, 2.45) is 5.10 Å². The number of nitrogens with zero attached hydrogens (tertiary/aromatic N) is 2. The molecule has 3 N–H and O–H groups in total. The molecule has 0 atom stereocenters. The van der Waals surface area contributed by atoms with Gasteiger partial charge in [-0.1, -0.05) is 46.9 Å². The van der Waals surface area contributed by atoms with Crippen molar-refractivity contribution in [2.75, 3.05) is 5.73 Å². The lowest BCUT2D eigenvalue weighted by Crippen LogP contribution is -2.20. The van der Waals surface area contributed by atoms with E-state index in [0.717, 1.165) is 18.3 Å². The van der Waals surface area contributed by atoms with Gasteiger partial charge in [0.15, 0.2) is 10.8 Å². The van der Waals surface area contributed by atoms with Gasteiger partial charge in [0, 0.05) is 0 Å². The molecule has 132 valence electrons. The number of carbonyl (C=O) groups excluding carboxylic acids is 1. The minimum atomic E-state index is -4.48. The van der Waals surface area contributed by atoms with Gasteiger partial charge in [0.2, 0.25) is 0 Å². The number of nitrogens with one attached hydrogen (secondary N) is 1. The van der Waals surface area contributed by atoms with Crippen LogP contribution < -0.4 is 11.2 Å². The predicted octanol–water partition coefficient (Wildman–Crippen LogP) is 4.41. The lowest BCUT2D eigenvalue weighted by Gasteiger charge is -2.08. The highest BCUT2D eigenvalue weighted by molar-refractivity contribution is 6.46. The zero-order chi connectivity index (χ0) is 18.8. The lowest BCUT2D eigenvalue weighted by molar-refractivity contribution is -0.137. The molecule has 1 aromatic carbocycles. The molecule has 0 aliphatic heterocycles. The largest absolute Gasteiger partial charge is 0.416 e. The van der Waals surface area contributed by atoms with Gasteiger partial charge in [-0.2, -0.15) is 18.3 Å². The molecule has 0 radical (unpaired) electrons. The summed E-state index contributed by atoms with van der Waals surface area (Å²) in [7, 11) is 0. The summed E-state index contributed by atoms with van der Waals surface area (Å²) in [5, 5.41) is 3.01. The molecule has 0 aliphatic carbocycles. The third-order valence-corrected chi connectivity index (χ3v) is 4.02. The van der Waals surface area contributed by atoms with E-state index in [-0.39, 0.29) is 32.1 Å². The zero-order valence-corrected chi connectivity index (χ0v) is 14.3. The summed E-state index contributed by atoms with van der Waals surface area (Å²) in [4.78, 5) is 15.7. The highest BCUT2D eigenvalue weighted by Gasteiger charge is 2.30. The summed E-state index contributed by atoms with van der Waals surface area (Å²) in [5.74, 6) is -0.863. The maximum atomic E-state index is 12.6. The number of nitrogens with two attached hydrogens (primary N) is 1. The molecular weight excluding hydrogens is 404 g/mol. The first-order valence-electron chi connectivity index (χ1n) is 6.42. The van der Waals surface area contributed by atoms with Crippen LogP contribution in [0.5, 0.6) is 0 Å². The Labute approximate surface area is 154 Å². The number of hydrogen-bond acceptors (Lipinski definition) is 4. The fourth-order valence-corrected chi connectivity index (χ4v) is 2.29. The second-order valence-corrected chi connectivity index (χ2v) is 5.73. The van der Waals surface area contributed by atoms with Gasteiger partial charge in [0.1, 0.15) is 5.02 Å². The molecule has 5 nitrogen and oxygen atoms in total. The number of carbonyl (C=O) groups is 1. The van der Waals surface area contributed by atoms with Crippen LogP contribution in [-0.2, 0) is 6.18 Å². The SMILES string of the molecule is Nc1c(Cl)c(Cl)nc(C(=O)NN=Cc2cccc(C(F)(F)F)c2)c1Cl. The van der Waals surface area contributed by atoms with Crippen molar-refractivity contribution in [3.05, 3.63) is 56.3 Å². The average Bonchev–Trinajstić information content (AvgIpc) is 2.55. The molecule has 1 heterocycles. The highest BCUT2D eigenvalue weighted by atomic mass is 35.5. The summed E-state index contributed by atoms with van der Waals surface area (Å²) >= 11 is 17.3. The Kier molecular flexibility index (Phi) is 5.76.